The van der Waals surface area contributed by atoms with Gasteiger partial charge in [-0.25, -0.2) is 0 Å². The van der Waals surface area contributed by atoms with Crippen LogP contribution in [0.4, 0.5) is 0 Å². The zero-order chi connectivity index (χ0) is 50.2. The molecule has 2 aliphatic heterocycles. The van der Waals surface area contributed by atoms with E-state index in [9.17, 15) is 38.4 Å². The average molecular weight is 961 g/mol. The van der Waals surface area contributed by atoms with E-state index in [4.69, 9.17) is 0 Å². The van der Waals surface area contributed by atoms with Crippen molar-refractivity contribution >= 4 is 47.3 Å². The van der Waals surface area contributed by atoms with Crippen molar-refractivity contribution in [1.82, 2.24) is 52.3 Å². The SMILES string of the molecule is CN[C@@H](C)C(=O)N[C@@H](CC(=O)NCC#CC#CCNC(=O)C[C@H](NC(=O)[C@H](C)NC)C(=O)N1CCC[C@H]1C(=O)N[C@H]1CCCc2ccccc21)C(=O)N1CCC[C@H]1C(=O)N[C@H]1CCCc2ccccc21. The molecular weight excluding hydrogens is 893 g/mol. The lowest BCUT2D eigenvalue weighted by molar-refractivity contribution is -0.143. The number of amides is 8. The molecular formula is C52H68N10O8. The van der Waals surface area contributed by atoms with Crippen LogP contribution in [0.5, 0.6) is 0 Å². The van der Waals surface area contributed by atoms with Gasteiger partial charge < -0.3 is 52.3 Å². The maximum atomic E-state index is 14.0. The number of fused-ring (bicyclic) bond motifs is 2. The van der Waals surface area contributed by atoms with Crippen molar-refractivity contribution < 1.29 is 38.4 Å². The average Bonchev–Trinajstić information content (AvgIpc) is 4.08. The van der Waals surface area contributed by atoms with Crippen molar-refractivity contribution in [2.24, 2.45) is 0 Å². The van der Waals surface area contributed by atoms with Gasteiger partial charge in [-0.2, -0.15) is 0 Å². The van der Waals surface area contributed by atoms with Gasteiger partial charge in [-0.15, -0.1) is 0 Å². The van der Waals surface area contributed by atoms with Crippen molar-refractivity contribution in [3.8, 4) is 23.7 Å². The number of rotatable bonds is 18. The van der Waals surface area contributed by atoms with E-state index in [0.29, 0.717) is 38.8 Å². The van der Waals surface area contributed by atoms with Gasteiger partial charge in [0.2, 0.25) is 47.3 Å². The van der Waals surface area contributed by atoms with E-state index in [1.165, 1.54) is 20.9 Å². The number of likely N-dealkylation sites (N-methyl/N-ethyl adjacent to an activating group) is 2. The van der Waals surface area contributed by atoms with Crippen LogP contribution in [0.3, 0.4) is 0 Å². The van der Waals surface area contributed by atoms with Gasteiger partial charge in [0, 0.05) is 13.1 Å². The van der Waals surface area contributed by atoms with Crippen LogP contribution in [0.2, 0.25) is 0 Å². The van der Waals surface area contributed by atoms with E-state index in [1.807, 2.05) is 36.4 Å². The van der Waals surface area contributed by atoms with Gasteiger partial charge >= 0.3 is 0 Å². The first-order chi connectivity index (χ1) is 33.8. The molecule has 0 radical (unpaired) electrons. The Morgan fingerprint density at radius 2 is 0.971 bits per heavy atom. The molecule has 6 rings (SSSR count). The summed E-state index contributed by atoms with van der Waals surface area (Å²) in [4.78, 5) is 111. The first-order valence-electron chi connectivity index (χ1n) is 24.6. The molecule has 2 aliphatic carbocycles. The highest BCUT2D eigenvalue weighted by atomic mass is 16.2. The number of benzene rings is 2. The van der Waals surface area contributed by atoms with E-state index in [1.54, 1.807) is 27.9 Å². The quantitative estimate of drug-likeness (QED) is 0.0967. The van der Waals surface area contributed by atoms with Crippen LogP contribution in [0, 0.1) is 23.7 Å². The summed E-state index contributed by atoms with van der Waals surface area (Å²) >= 11 is 0. The van der Waals surface area contributed by atoms with Crippen LogP contribution >= 0.6 is 0 Å². The third kappa shape index (κ3) is 13.9. The van der Waals surface area contributed by atoms with Crippen molar-refractivity contribution in [1.29, 1.82) is 0 Å². The van der Waals surface area contributed by atoms with Crippen molar-refractivity contribution in [3.05, 3.63) is 70.8 Å². The molecule has 4 aliphatic rings. The lowest BCUT2D eigenvalue weighted by Crippen LogP contribution is -2.56. The minimum absolute atomic E-state index is 0.128. The molecule has 8 N–H and O–H groups in total. The third-order valence-electron chi connectivity index (χ3n) is 13.7. The smallest absolute Gasteiger partial charge is 0.246 e. The second-order valence-electron chi connectivity index (χ2n) is 18.4. The molecule has 18 heteroatoms. The summed E-state index contributed by atoms with van der Waals surface area (Å²) in [6, 6.07) is 10.5. The predicted molar refractivity (Wildman–Crippen MR) is 262 cm³/mol. The first kappa shape index (κ1) is 52.6. The highest BCUT2D eigenvalue weighted by Gasteiger charge is 2.41. The summed E-state index contributed by atoms with van der Waals surface area (Å²) in [5, 5.41) is 22.6. The minimum Gasteiger partial charge on any atom is -0.347 e. The number of carbonyl (C=O) groups excluding carboxylic acids is 8. The molecule has 0 bridgehead atoms. The molecule has 18 nitrogen and oxygen atoms in total. The summed E-state index contributed by atoms with van der Waals surface area (Å²) in [5.74, 6) is 6.97. The highest BCUT2D eigenvalue weighted by molar-refractivity contribution is 5.97. The van der Waals surface area contributed by atoms with E-state index < -0.39 is 71.7 Å². The van der Waals surface area contributed by atoms with Gasteiger partial charge in [0.15, 0.2) is 0 Å². The molecule has 2 saturated heterocycles. The molecule has 0 saturated carbocycles. The lowest BCUT2D eigenvalue weighted by atomic mass is 9.87. The molecule has 2 aromatic rings. The monoisotopic (exact) mass is 961 g/mol. The Morgan fingerprint density at radius 1 is 0.571 bits per heavy atom. The molecule has 0 aromatic heterocycles. The summed E-state index contributed by atoms with van der Waals surface area (Å²) in [5.41, 5.74) is 4.55. The number of hydrogen-bond acceptors (Lipinski definition) is 10. The number of hydrogen-bond donors (Lipinski definition) is 8. The normalized spacial score (nSPS) is 20.7. The van der Waals surface area contributed by atoms with Gasteiger partial charge in [-0.1, -0.05) is 60.4 Å². The van der Waals surface area contributed by atoms with Gasteiger partial charge in [0.25, 0.3) is 0 Å². The van der Waals surface area contributed by atoms with Crippen LogP contribution in [0.25, 0.3) is 0 Å². The molecule has 2 heterocycles. The maximum Gasteiger partial charge on any atom is 0.246 e. The molecule has 2 aromatic carbocycles. The minimum atomic E-state index is -1.24. The number of likely N-dealkylation sites (tertiary alicyclic amines) is 2. The molecule has 374 valence electrons. The fraction of sp³-hybridized carbons (Fsp3) is 0.538. The Bertz CT molecular complexity index is 2220. The van der Waals surface area contributed by atoms with Crippen LogP contribution in [0.1, 0.15) is 112 Å². The van der Waals surface area contributed by atoms with Gasteiger partial charge in [-0.3, -0.25) is 38.4 Å². The summed E-state index contributed by atoms with van der Waals surface area (Å²) in [6.07, 6.45) is 6.66. The van der Waals surface area contributed by atoms with Crippen LogP contribution in [0.15, 0.2) is 48.5 Å². The summed E-state index contributed by atoms with van der Waals surface area (Å²) in [6.45, 7) is 3.61. The fourth-order valence-electron chi connectivity index (χ4n) is 9.58. The van der Waals surface area contributed by atoms with E-state index in [0.717, 1.165) is 49.7 Å². The largest absolute Gasteiger partial charge is 0.347 e. The second kappa shape index (κ2) is 25.7. The fourth-order valence-corrected chi connectivity index (χ4v) is 9.58. The Labute approximate surface area is 410 Å². The van der Waals surface area contributed by atoms with Gasteiger partial charge in [-0.05, 0) is 126 Å². The number of nitrogens with one attached hydrogen (secondary N) is 8. The Hall–Kier alpha value is -6.76. The van der Waals surface area contributed by atoms with Gasteiger partial charge in [0.1, 0.15) is 24.2 Å². The van der Waals surface area contributed by atoms with E-state index >= 15 is 0 Å². The zero-order valence-electron chi connectivity index (χ0n) is 40.7. The van der Waals surface area contributed by atoms with Crippen molar-refractivity contribution in [2.45, 2.75) is 139 Å². The van der Waals surface area contributed by atoms with Crippen LogP contribution < -0.4 is 42.5 Å². The van der Waals surface area contributed by atoms with Crippen molar-refractivity contribution in [2.75, 3.05) is 40.3 Å². The number of carbonyl (C=O) groups is 8. The lowest BCUT2D eigenvalue weighted by Gasteiger charge is -2.31. The zero-order valence-corrected chi connectivity index (χ0v) is 40.7. The van der Waals surface area contributed by atoms with Gasteiger partial charge in [0.05, 0.1) is 50.1 Å². The van der Waals surface area contributed by atoms with E-state index in [-0.39, 0.29) is 49.8 Å². The molecule has 0 unspecified atom stereocenters. The summed E-state index contributed by atoms with van der Waals surface area (Å²) < 4.78 is 0. The standard InChI is InChI=1S/C52H68N10O8/c1-33(53-3)47(65)59-41(51(69)61-29-15-25-43(61)49(67)57-39-23-13-19-35-17-7-9-21-37(35)39)31-45(63)55-27-11-5-6-12-28-56-46(64)32-42(60-48(66)34(2)54-4)52(70)62-30-16-26-44(62)50(68)58-40-24-14-20-36-18-8-10-22-38(36)40/h7-10,17-18,21-22,33-34,39-44,53-54H,13-16,19-20,23-32H2,1-4H3,(H,55,63)(H,56,64)(H,57,67)(H,58,68)(H,59,65)(H,60,66)/t33-,34-,39-,40-,41-,42-,43-,44-/m0/s1. The van der Waals surface area contributed by atoms with E-state index in [2.05, 4.69) is 78.3 Å². The van der Waals surface area contributed by atoms with Crippen molar-refractivity contribution in [3.63, 3.8) is 0 Å². The Morgan fingerprint density at radius 3 is 1.37 bits per heavy atom. The Kier molecular flexibility index (Phi) is 19.3. The molecule has 8 atom stereocenters. The third-order valence-corrected chi connectivity index (χ3v) is 13.7. The molecule has 70 heavy (non-hydrogen) atoms. The number of nitrogens with zero attached hydrogens (tertiary/aromatic N) is 2. The van der Waals surface area contributed by atoms with Crippen LogP contribution in [-0.4, -0.2) is 134 Å². The molecule has 8 amide bonds. The second-order valence-corrected chi connectivity index (χ2v) is 18.4. The predicted octanol–water partition coefficient (Wildman–Crippen LogP) is 0.561. The first-order valence-corrected chi connectivity index (χ1v) is 24.6. The summed E-state index contributed by atoms with van der Waals surface area (Å²) in [7, 11) is 3.21. The Balaban J connectivity index is 0.992. The number of aryl methyl sites for hydroxylation is 2. The van der Waals surface area contributed by atoms with Crippen LogP contribution in [-0.2, 0) is 51.2 Å². The topological polar surface area (TPSA) is 239 Å². The highest BCUT2D eigenvalue weighted by Crippen LogP contribution is 2.32. The molecule has 0 spiro atoms. The maximum absolute atomic E-state index is 14.0. The molecule has 2 fully saturated rings.